The fourth-order valence-electron chi connectivity index (χ4n) is 5.81. The predicted octanol–water partition coefficient (Wildman–Crippen LogP) is 6.98. The molecule has 1 fully saturated rings. The smallest absolute Gasteiger partial charge is 0.238 e. The molecule has 37 heavy (non-hydrogen) atoms. The molecule has 3 aromatic rings. The second-order valence-electron chi connectivity index (χ2n) is 10.2. The number of nitrogens with zero attached hydrogens (tertiary/aromatic N) is 1. The highest BCUT2D eigenvalue weighted by molar-refractivity contribution is 6.30. The lowest BCUT2D eigenvalue weighted by Crippen LogP contribution is -2.33. The van der Waals surface area contributed by atoms with Crippen molar-refractivity contribution in [3.63, 3.8) is 0 Å². The minimum absolute atomic E-state index is 0.00638. The summed E-state index contributed by atoms with van der Waals surface area (Å²) < 4.78 is 11.3. The zero-order valence-corrected chi connectivity index (χ0v) is 22.8. The zero-order chi connectivity index (χ0) is 26.1. The van der Waals surface area contributed by atoms with Crippen LogP contribution in [0.1, 0.15) is 65.6 Å². The summed E-state index contributed by atoms with van der Waals surface area (Å²) in [4.78, 5) is 15.8. The number of carbonyl (C=O) groups is 1. The van der Waals surface area contributed by atoms with Crippen molar-refractivity contribution in [2.45, 2.75) is 58.9 Å². The number of halogens is 1. The van der Waals surface area contributed by atoms with Crippen LogP contribution in [-0.2, 0) is 17.6 Å². The lowest BCUT2D eigenvalue weighted by atomic mass is 9.90. The highest BCUT2D eigenvalue weighted by Gasteiger charge is 2.36. The van der Waals surface area contributed by atoms with E-state index in [1.54, 1.807) is 0 Å². The van der Waals surface area contributed by atoms with Crippen molar-refractivity contribution in [1.29, 1.82) is 0 Å². The van der Waals surface area contributed by atoms with Crippen LogP contribution in [0.2, 0.25) is 5.02 Å². The summed E-state index contributed by atoms with van der Waals surface area (Å²) in [5, 5.41) is 3.96. The number of fused-ring (bicyclic) bond motifs is 1. The molecule has 0 aliphatic carbocycles. The summed E-state index contributed by atoms with van der Waals surface area (Å²) in [5.41, 5.74) is 7.93. The van der Waals surface area contributed by atoms with Gasteiger partial charge in [-0.3, -0.25) is 9.69 Å². The maximum Gasteiger partial charge on any atom is 0.238 e. The quantitative estimate of drug-likeness (QED) is 0.366. The van der Waals surface area contributed by atoms with Gasteiger partial charge >= 0.3 is 0 Å². The molecule has 1 N–H and O–H groups in total. The van der Waals surface area contributed by atoms with E-state index in [1.165, 1.54) is 16.7 Å². The van der Waals surface area contributed by atoms with E-state index in [0.29, 0.717) is 17.5 Å². The Labute approximate surface area is 224 Å². The standard InChI is InChI=1S/C31H35ClN2O3/c1-5-21-13-25(32)14-22(6-2)30(21)33-29(35)17-34-16-24(15-27(34)23-9-7-19(3)8-10-23)26-11-12-28-31(20(26)4)37-18-36-28/h7-14,24,27H,5-6,15-18H2,1-4H3,(H,33,35). The molecule has 2 aliphatic rings. The van der Waals surface area contributed by atoms with Gasteiger partial charge in [-0.05, 0) is 85.0 Å². The molecule has 2 heterocycles. The normalized spacial score (nSPS) is 18.8. The van der Waals surface area contributed by atoms with Crippen molar-refractivity contribution in [3.05, 3.63) is 86.9 Å². The Hall–Kier alpha value is -3.02. The number of aryl methyl sites for hydroxylation is 3. The van der Waals surface area contributed by atoms with Crippen LogP contribution >= 0.6 is 11.6 Å². The number of likely N-dealkylation sites (tertiary alicyclic amines) is 1. The molecule has 0 radical (unpaired) electrons. The molecule has 5 nitrogen and oxygen atoms in total. The lowest BCUT2D eigenvalue weighted by Gasteiger charge is -2.25. The van der Waals surface area contributed by atoms with Crippen LogP contribution < -0.4 is 14.8 Å². The number of nitrogens with one attached hydrogen (secondary N) is 1. The average Bonchev–Trinajstić information content (AvgIpc) is 3.53. The van der Waals surface area contributed by atoms with E-state index >= 15 is 0 Å². The number of ether oxygens (including phenoxy) is 2. The van der Waals surface area contributed by atoms with Gasteiger partial charge in [-0.1, -0.05) is 61.3 Å². The van der Waals surface area contributed by atoms with Gasteiger partial charge < -0.3 is 14.8 Å². The minimum atomic E-state index is 0.00638. The largest absolute Gasteiger partial charge is 0.454 e. The zero-order valence-electron chi connectivity index (χ0n) is 22.1. The molecule has 2 atom stereocenters. The Morgan fingerprint density at radius 3 is 2.41 bits per heavy atom. The van der Waals surface area contributed by atoms with Crippen LogP contribution in [-0.4, -0.2) is 30.7 Å². The van der Waals surface area contributed by atoms with Gasteiger partial charge in [-0.2, -0.15) is 0 Å². The average molecular weight is 519 g/mol. The molecule has 0 spiro atoms. The summed E-state index contributed by atoms with van der Waals surface area (Å²) in [5.74, 6) is 1.96. The summed E-state index contributed by atoms with van der Waals surface area (Å²) in [7, 11) is 0. The van der Waals surface area contributed by atoms with Crippen LogP contribution in [0.15, 0.2) is 48.5 Å². The molecule has 2 aliphatic heterocycles. The lowest BCUT2D eigenvalue weighted by molar-refractivity contribution is -0.117. The second kappa shape index (κ2) is 10.8. The van der Waals surface area contributed by atoms with Crippen LogP contribution in [0.3, 0.4) is 0 Å². The van der Waals surface area contributed by atoms with Gasteiger partial charge in [0.05, 0.1) is 6.54 Å². The minimum Gasteiger partial charge on any atom is -0.454 e. The second-order valence-corrected chi connectivity index (χ2v) is 10.6. The van der Waals surface area contributed by atoms with Crippen LogP contribution in [0, 0.1) is 13.8 Å². The summed E-state index contributed by atoms with van der Waals surface area (Å²) in [6, 6.07) is 17.0. The van der Waals surface area contributed by atoms with E-state index < -0.39 is 0 Å². The summed E-state index contributed by atoms with van der Waals surface area (Å²) >= 11 is 6.34. The number of benzene rings is 3. The van der Waals surface area contributed by atoms with Crippen molar-refractivity contribution in [1.82, 2.24) is 4.90 Å². The molecule has 3 aromatic carbocycles. The van der Waals surface area contributed by atoms with Crippen molar-refractivity contribution in [2.24, 2.45) is 0 Å². The van der Waals surface area contributed by atoms with Crippen molar-refractivity contribution < 1.29 is 14.3 Å². The van der Waals surface area contributed by atoms with E-state index in [9.17, 15) is 4.79 Å². The first-order valence-electron chi connectivity index (χ1n) is 13.2. The first kappa shape index (κ1) is 25.6. The predicted molar refractivity (Wildman–Crippen MR) is 149 cm³/mol. The topological polar surface area (TPSA) is 50.8 Å². The van der Waals surface area contributed by atoms with Gasteiger partial charge in [-0.25, -0.2) is 0 Å². The molecule has 194 valence electrons. The van der Waals surface area contributed by atoms with Crippen LogP contribution in [0.25, 0.3) is 0 Å². The molecule has 1 amide bonds. The molecule has 0 saturated carbocycles. The van der Waals surface area contributed by atoms with E-state index in [1.807, 2.05) is 18.2 Å². The maximum atomic E-state index is 13.5. The third-order valence-corrected chi connectivity index (χ3v) is 7.99. The van der Waals surface area contributed by atoms with E-state index in [4.69, 9.17) is 21.1 Å². The van der Waals surface area contributed by atoms with Crippen molar-refractivity contribution in [3.8, 4) is 11.5 Å². The molecule has 2 unspecified atom stereocenters. The monoisotopic (exact) mass is 518 g/mol. The van der Waals surface area contributed by atoms with Gasteiger partial charge in [0, 0.05) is 23.3 Å². The number of hydrogen-bond acceptors (Lipinski definition) is 4. The van der Waals surface area contributed by atoms with E-state index in [2.05, 4.69) is 68.2 Å². The van der Waals surface area contributed by atoms with Gasteiger partial charge in [0.15, 0.2) is 11.5 Å². The fraction of sp³-hybridized carbons (Fsp3) is 0.387. The van der Waals surface area contributed by atoms with Gasteiger partial charge in [0.25, 0.3) is 0 Å². The van der Waals surface area contributed by atoms with E-state index in [-0.39, 0.29) is 18.7 Å². The fourth-order valence-corrected chi connectivity index (χ4v) is 6.08. The Morgan fingerprint density at radius 1 is 1.03 bits per heavy atom. The first-order valence-corrected chi connectivity index (χ1v) is 13.6. The number of carbonyl (C=O) groups excluding carboxylic acids is 1. The number of amides is 1. The highest BCUT2D eigenvalue weighted by atomic mass is 35.5. The van der Waals surface area contributed by atoms with Gasteiger partial charge in [0.2, 0.25) is 12.7 Å². The summed E-state index contributed by atoms with van der Waals surface area (Å²) in [6.45, 7) is 9.79. The Bertz CT molecular complexity index is 1280. The third kappa shape index (κ3) is 5.21. The Morgan fingerprint density at radius 2 is 1.73 bits per heavy atom. The van der Waals surface area contributed by atoms with Gasteiger partial charge in [-0.15, -0.1) is 0 Å². The SMILES string of the molecule is CCc1cc(Cl)cc(CC)c1NC(=O)CN1CC(c2ccc3c(c2C)OCO3)CC1c1ccc(C)cc1. The Kier molecular flexibility index (Phi) is 7.45. The van der Waals surface area contributed by atoms with Crippen LogP contribution in [0.5, 0.6) is 11.5 Å². The van der Waals surface area contributed by atoms with Crippen molar-refractivity contribution >= 4 is 23.2 Å². The van der Waals surface area contributed by atoms with Crippen LogP contribution in [0.4, 0.5) is 5.69 Å². The molecule has 0 aromatic heterocycles. The highest BCUT2D eigenvalue weighted by Crippen LogP contribution is 2.45. The number of hydrogen-bond donors (Lipinski definition) is 1. The Balaban J connectivity index is 1.41. The summed E-state index contributed by atoms with van der Waals surface area (Å²) in [6.07, 6.45) is 2.56. The van der Waals surface area contributed by atoms with Crippen molar-refractivity contribution in [2.75, 3.05) is 25.2 Å². The number of rotatable bonds is 7. The number of anilines is 1. The third-order valence-electron chi connectivity index (χ3n) is 7.77. The molecule has 0 bridgehead atoms. The molecular weight excluding hydrogens is 484 g/mol. The first-order chi connectivity index (χ1) is 17.9. The molecule has 5 rings (SSSR count). The molecule has 6 heteroatoms. The van der Waals surface area contributed by atoms with E-state index in [0.717, 1.165) is 59.7 Å². The maximum absolute atomic E-state index is 13.5. The molecular formula is C31H35ClN2O3. The van der Waals surface area contributed by atoms with Gasteiger partial charge in [0.1, 0.15) is 0 Å². The molecule has 1 saturated heterocycles.